The van der Waals surface area contributed by atoms with Crippen molar-refractivity contribution in [2.24, 2.45) is 5.92 Å². The van der Waals surface area contributed by atoms with Gasteiger partial charge in [0.05, 0.1) is 5.25 Å². The molecule has 2 heterocycles. The highest BCUT2D eigenvalue weighted by Gasteiger charge is 2.25. The number of hydrogen-bond acceptors (Lipinski definition) is 4. The second kappa shape index (κ2) is 7.81. The number of nitrogens with one attached hydrogen (secondary N) is 1. The van der Waals surface area contributed by atoms with Gasteiger partial charge in [0.25, 0.3) is 0 Å². The maximum Gasteiger partial charge on any atom is 0.150 e. The third-order valence-electron chi connectivity index (χ3n) is 4.35. The molecular formula is C13H27ClN2O2S. The minimum atomic E-state index is -2.84. The van der Waals surface area contributed by atoms with E-state index in [-0.39, 0.29) is 17.7 Å². The summed E-state index contributed by atoms with van der Waals surface area (Å²) in [5.41, 5.74) is 0. The first-order valence-corrected chi connectivity index (χ1v) is 9.13. The lowest BCUT2D eigenvalue weighted by atomic mass is 9.97. The predicted molar refractivity (Wildman–Crippen MR) is 81.8 cm³/mol. The van der Waals surface area contributed by atoms with Crippen LogP contribution >= 0.6 is 12.4 Å². The molecule has 0 radical (unpaired) electrons. The Morgan fingerprint density at radius 1 is 1.11 bits per heavy atom. The molecule has 1 N–H and O–H groups in total. The predicted octanol–water partition coefficient (Wildman–Crippen LogP) is 1.31. The van der Waals surface area contributed by atoms with Gasteiger partial charge in [-0.2, -0.15) is 0 Å². The van der Waals surface area contributed by atoms with Crippen LogP contribution in [0.2, 0.25) is 0 Å². The monoisotopic (exact) mass is 310 g/mol. The van der Waals surface area contributed by atoms with Crippen molar-refractivity contribution in [2.75, 3.05) is 39.0 Å². The van der Waals surface area contributed by atoms with Crippen LogP contribution in [0.3, 0.4) is 0 Å². The lowest BCUT2D eigenvalue weighted by molar-refractivity contribution is 0.212. The first-order chi connectivity index (χ1) is 8.55. The number of halogens is 1. The summed E-state index contributed by atoms with van der Waals surface area (Å²) in [6, 6.07) is 0. The summed E-state index contributed by atoms with van der Waals surface area (Å²) in [6.07, 6.45) is 6.63. The number of likely N-dealkylation sites (tertiary alicyclic amines) is 1. The average molecular weight is 311 g/mol. The quantitative estimate of drug-likeness (QED) is 0.854. The molecule has 4 nitrogen and oxygen atoms in total. The second-order valence-electron chi connectivity index (χ2n) is 5.88. The molecule has 0 amide bonds. The van der Waals surface area contributed by atoms with Crippen molar-refractivity contribution in [3.8, 4) is 0 Å². The molecule has 2 aliphatic rings. The highest BCUT2D eigenvalue weighted by molar-refractivity contribution is 7.91. The molecule has 0 spiro atoms. The second-order valence-corrected chi connectivity index (χ2v) is 8.20. The van der Waals surface area contributed by atoms with Crippen molar-refractivity contribution in [1.29, 1.82) is 0 Å². The van der Waals surface area contributed by atoms with Crippen molar-refractivity contribution in [3.05, 3.63) is 0 Å². The fraction of sp³-hybridized carbons (Fsp3) is 1.00. The molecule has 0 aromatic carbocycles. The fourth-order valence-electron chi connectivity index (χ4n) is 3.17. The number of piperidine rings is 1. The Kier molecular flexibility index (Phi) is 7.08. The van der Waals surface area contributed by atoms with Crippen molar-refractivity contribution in [1.82, 2.24) is 10.2 Å². The molecule has 0 aromatic rings. The molecule has 2 saturated heterocycles. The van der Waals surface area contributed by atoms with Crippen LogP contribution in [0.1, 0.15) is 32.1 Å². The van der Waals surface area contributed by atoms with Crippen molar-refractivity contribution in [3.63, 3.8) is 0 Å². The molecule has 2 fully saturated rings. The van der Waals surface area contributed by atoms with E-state index in [1.54, 1.807) is 0 Å². The molecule has 19 heavy (non-hydrogen) atoms. The van der Waals surface area contributed by atoms with Crippen molar-refractivity contribution >= 4 is 22.2 Å². The third kappa shape index (κ3) is 5.58. The van der Waals surface area contributed by atoms with E-state index < -0.39 is 9.84 Å². The molecule has 0 bridgehead atoms. The molecular weight excluding hydrogens is 284 g/mol. The Bertz CT molecular complexity index is 356. The highest BCUT2D eigenvalue weighted by Crippen LogP contribution is 2.20. The first-order valence-electron chi connectivity index (χ1n) is 7.17. The van der Waals surface area contributed by atoms with Crippen LogP contribution in [0.25, 0.3) is 0 Å². The van der Waals surface area contributed by atoms with Gasteiger partial charge in [0, 0.05) is 12.8 Å². The van der Waals surface area contributed by atoms with E-state index in [4.69, 9.17) is 0 Å². The molecule has 0 saturated carbocycles. The zero-order chi connectivity index (χ0) is 13.0. The van der Waals surface area contributed by atoms with E-state index in [2.05, 4.69) is 10.2 Å². The van der Waals surface area contributed by atoms with Crippen molar-refractivity contribution in [2.45, 2.75) is 37.4 Å². The Balaban J connectivity index is 0.00000180. The van der Waals surface area contributed by atoms with Crippen LogP contribution in [0.5, 0.6) is 0 Å². The van der Waals surface area contributed by atoms with Gasteiger partial charge in [-0.25, -0.2) is 8.42 Å². The summed E-state index contributed by atoms with van der Waals surface area (Å²) in [4.78, 5) is 2.49. The minimum Gasteiger partial charge on any atom is -0.317 e. The van der Waals surface area contributed by atoms with Gasteiger partial charge >= 0.3 is 0 Å². The van der Waals surface area contributed by atoms with Gasteiger partial charge in [-0.05, 0) is 64.2 Å². The van der Waals surface area contributed by atoms with E-state index in [9.17, 15) is 8.42 Å². The standard InChI is InChI=1S/C13H26N2O2S.ClH/c1-18(16,17)13-3-2-9-15(10-6-13)11-12-4-7-14-8-5-12;/h12-14H,2-11H2,1H3;1H. The number of rotatable bonds is 3. The molecule has 0 aliphatic carbocycles. The Morgan fingerprint density at radius 2 is 1.79 bits per heavy atom. The number of nitrogens with zero attached hydrogens (tertiary/aromatic N) is 1. The smallest absolute Gasteiger partial charge is 0.150 e. The van der Waals surface area contributed by atoms with E-state index >= 15 is 0 Å². The normalized spacial score (nSPS) is 27.5. The highest BCUT2D eigenvalue weighted by atomic mass is 35.5. The van der Waals surface area contributed by atoms with Gasteiger partial charge in [-0.1, -0.05) is 0 Å². The summed E-state index contributed by atoms with van der Waals surface area (Å²) in [6.45, 7) is 5.49. The summed E-state index contributed by atoms with van der Waals surface area (Å²) >= 11 is 0. The van der Waals surface area contributed by atoms with Crippen molar-refractivity contribution < 1.29 is 8.42 Å². The van der Waals surface area contributed by atoms with E-state index in [0.29, 0.717) is 0 Å². The molecule has 1 atom stereocenters. The van der Waals surface area contributed by atoms with Gasteiger partial charge in [0.15, 0.2) is 0 Å². The molecule has 2 rings (SSSR count). The summed E-state index contributed by atoms with van der Waals surface area (Å²) in [5.74, 6) is 0.807. The molecule has 2 aliphatic heterocycles. The summed E-state index contributed by atoms with van der Waals surface area (Å²) < 4.78 is 23.2. The van der Waals surface area contributed by atoms with Crippen LogP contribution < -0.4 is 5.32 Å². The van der Waals surface area contributed by atoms with Crippen LogP contribution in [-0.2, 0) is 9.84 Å². The Hall–Kier alpha value is 0.160. The SMILES string of the molecule is CS(=O)(=O)C1CCCN(CC2CCNCC2)CC1.Cl. The lowest BCUT2D eigenvalue weighted by Gasteiger charge is -2.29. The molecule has 6 heteroatoms. The van der Waals surface area contributed by atoms with Gasteiger partial charge in [-0.15, -0.1) is 12.4 Å². The van der Waals surface area contributed by atoms with Gasteiger partial charge in [0.2, 0.25) is 0 Å². The summed E-state index contributed by atoms with van der Waals surface area (Å²) in [5, 5.41) is 3.29. The maximum atomic E-state index is 11.6. The van der Waals surface area contributed by atoms with Gasteiger partial charge < -0.3 is 10.2 Å². The summed E-state index contributed by atoms with van der Waals surface area (Å²) in [7, 11) is -2.84. The lowest BCUT2D eigenvalue weighted by Crippen LogP contribution is -2.36. The van der Waals surface area contributed by atoms with E-state index in [1.807, 2.05) is 0 Å². The minimum absolute atomic E-state index is 0. The topological polar surface area (TPSA) is 49.4 Å². The average Bonchev–Trinajstić information content (AvgIpc) is 2.55. The Labute approximate surface area is 123 Å². The largest absolute Gasteiger partial charge is 0.317 e. The maximum absolute atomic E-state index is 11.6. The zero-order valence-corrected chi connectivity index (χ0v) is 13.4. The van der Waals surface area contributed by atoms with Gasteiger partial charge in [0.1, 0.15) is 9.84 Å². The number of sulfone groups is 1. The fourth-order valence-corrected chi connectivity index (χ4v) is 4.29. The molecule has 0 aromatic heterocycles. The zero-order valence-electron chi connectivity index (χ0n) is 11.8. The van der Waals surface area contributed by atoms with Crippen LogP contribution in [0.15, 0.2) is 0 Å². The first kappa shape index (κ1) is 17.2. The Morgan fingerprint density at radius 3 is 2.42 bits per heavy atom. The van der Waals surface area contributed by atoms with E-state index in [1.165, 1.54) is 19.1 Å². The molecule has 114 valence electrons. The third-order valence-corrected chi connectivity index (χ3v) is 6.03. The molecule has 1 unspecified atom stereocenters. The van der Waals surface area contributed by atoms with E-state index in [0.717, 1.165) is 57.9 Å². The van der Waals surface area contributed by atoms with Gasteiger partial charge in [-0.3, -0.25) is 0 Å². The van der Waals surface area contributed by atoms with Crippen LogP contribution in [0, 0.1) is 5.92 Å². The van der Waals surface area contributed by atoms with Crippen LogP contribution in [-0.4, -0.2) is 57.5 Å². The van der Waals surface area contributed by atoms with Crippen LogP contribution in [0.4, 0.5) is 0 Å². The number of hydrogen-bond donors (Lipinski definition) is 1.